The number of carbonyl (C=O) groups is 2. The Morgan fingerprint density at radius 1 is 1.23 bits per heavy atom. The van der Waals surface area contributed by atoms with Crippen LogP contribution >= 0.6 is 11.6 Å². The topological polar surface area (TPSA) is 138 Å². The Morgan fingerprint density at radius 2 is 2.00 bits per heavy atom. The highest BCUT2D eigenvalue weighted by molar-refractivity contribution is 6.32. The molecule has 3 aliphatic rings. The third-order valence-corrected chi connectivity index (χ3v) is 8.53. The monoisotopic (exact) mass is 567 g/mol. The fourth-order valence-electron chi connectivity index (χ4n) is 5.68. The van der Waals surface area contributed by atoms with E-state index in [1.807, 2.05) is 30.9 Å². The first kappa shape index (κ1) is 28.3. The number of carbonyl (C=O) groups excluding carboxylic acids is 2. The molecule has 2 aromatic rings. The molecule has 10 nitrogen and oxygen atoms in total. The number of amides is 2. The highest BCUT2D eigenvalue weighted by Crippen LogP contribution is 2.45. The molecule has 40 heavy (non-hydrogen) atoms. The molecule has 0 aromatic heterocycles. The van der Waals surface area contributed by atoms with Crippen molar-refractivity contribution in [2.45, 2.75) is 44.6 Å². The zero-order valence-electron chi connectivity index (χ0n) is 22.6. The Bertz CT molecular complexity index is 1340. The number of anilines is 2. The number of hydrogen-bond donors (Lipinski definition) is 4. The molecule has 1 saturated heterocycles. The van der Waals surface area contributed by atoms with Gasteiger partial charge in [-0.2, -0.15) is 5.26 Å². The summed E-state index contributed by atoms with van der Waals surface area (Å²) in [5.74, 6) is -0.861. The minimum Gasteiger partial charge on any atom is -0.393 e. The van der Waals surface area contributed by atoms with E-state index < -0.39 is 29.8 Å². The van der Waals surface area contributed by atoms with Gasteiger partial charge in [0.2, 0.25) is 5.91 Å². The van der Waals surface area contributed by atoms with Gasteiger partial charge in [-0.1, -0.05) is 11.6 Å². The van der Waals surface area contributed by atoms with Crippen molar-refractivity contribution in [1.82, 2.24) is 10.2 Å². The van der Waals surface area contributed by atoms with Gasteiger partial charge in [-0.3, -0.25) is 9.59 Å². The first-order chi connectivity index (χ1) is 19.2. The minimum atomic E-state index is -0.937. The van der Waals surface area contributed by atoms with Crippen LogP contribution in [0.25, 0.3) is 0 Å². The SMILES string of the molecule is CCN1c2ccc(NC(=O)[C@@H]3COCC3NC(=O)c3ccc(C#N)c(Cl)c3)cc2C(O)N(CC2CC2)C1(C)CO. The van der Waals surface area contributed by atoms with Crippen molar-refractivity contribution in [1.29, 1.82) is 5.26 Å². The molecule has 1 saturated carbocycles. The predicted molar refractivity (Wildman–Crippen MR) is 150 cm³/mol. The second-order valence-corrected chi connectivity index (χ2v) is 11.3. The molecule has 0 radical (unpaired) electrons. The summed E-state index contributed by atoms with van der Waals surface area (Å²) < 4.78 is 5.53. The molecular formula is C29H34ClN5O5. The normalized spacial score (nSPS) is 26.2. The summed E-state index contributed by atoms with van der Waals surface area (Å²) in [6.07, 6.45) is 1.28. The van der Waals surface area contributed by atoms with E-state index in [0.29, 0.717) is 30.3 Å². The number of nitrogens with one attached hydrogen (secondary N) is 2. The van der Waals surface area contributed by atoms with E-state index in [1.54, 1.807) is 12.1 Å². The summed E-state index contributed by atoms with van der Waals surface area (Å²) in [7, 11) is 0. The third kappa shape index (κ3) is 5.28. The van der Waals surface area contributed by atoms with Gasteiger partial charge in [0, 0.05) is 35.6 Å². The van der Waals surface area contributed by atoms with Gasteiger partial charge in [0.25, 0.3) is 5.91 Å². The lowest BCUT2D eigenvalue weighted by molar-refractivity contribution is -0.120. The molecule has 4 atom stereocenters. The second-order valence-electron chi connectivity index (χ2n) is 10.9. The largest absolute Gasteiger partial charge is 0.393 e. The molecule has 3 unspecified atom stereocenters. The van der Waals surface area contributed by atoms with Crippen LogP contribution in [0.2, 0.25) is 5.02 Å². The lowest BCUT2D eigenvalue weighted by atomic mass is 9.96. The second kappa shape index (κ2) is 11.4. The summed E-state index contributed by atoms with van der Waals surface area (Å²) in [6.45, 7) is 5.46. The number of aliphatic hydroxyl groups excluding tert-OH is 2. The van der Waals surface area contributed by atoms with Crippen LogP contribution in [0, 0.1) is 23.2 Å². The number of nitriles is 1. The Hall–Kier alpha value is -3.20. The molecule has 5 rings (SSSR count). The highest BCUT2D eigenvalue weighted by atomic mass is 35.5. The van der Waals surface area contributed by atoms with Gasteiger partial charge in [-0.25, -0.2) is 4.90 Å². The van der Waals surface area contributed by atoms with Crippen molar-refractivity contribution in [2.75, 3.05) is 43.1 Å². The molecule has 2 aromatic carbocycles. The van der Waals surface area contributed by atoms with Gasteiger partial charge in [0.1, 0.15) is 18.0 Å². The summed E-state index contributed by atoms with van der Waals surface area (Å²) in [5.41, 5.74) is 1.80. The molecule has 2 aliphatic heterocycles. The number of rotatable bonds is 8. The Kier molecular flexibility index (Phi) is 8.04. The molecule has 2 heterocycles. The Morgan fingerprint density at radius 3 is 2.65 bits per heavy atom. The van der Waals surface area contributed by atoms with E-state index in [0.717, 1.165) is 18.5 Å². The predicted octanol–water partition coefficient (Wildman–Crippen LogP) is 2.85. The number of likely N-dealkylation sites (N-methyl/N-ethyl adjacent to an activating group) is 1. The first-order valence-corrected chi connectivity index (χ1v) is 13.9. The third-order valence-electron chi connectivity index (χ3n) is 8.21. The van der Waals surface area contributed by atoms with Gasteiger partial charge < -0.3 is 30.5 Å². The van der Waals surface area contributed by atoms with Crippen LogP contribution in [0.5, 0.6) is 0 Å². The van der Waals surface area contributed by atoms with Gasteiger partial charge in [0.15, 0.2) is 0 Å². The number of nitrogens with zero attached hydrogens (tertiary/aromatic N) is 3. The summed E-state index contributed by atoms with van der Waals surface area (Å²) >= 11 is 6.07. The fraction of sp³-hybridized carbons (Fsp3) is 0.483. The van der Waals surface area contributed by atoms with Crippen molar-refractivity contribution >= 4 is 34.8 Å². The van der Waals surface area contributed by atoms with Crippen molar-refractivity contribution < 1.29 is 24.5 Å². The lowest BCUT2D eigenvalue weighted by Crippen LogP contribution is -2.65. The van der Waals surface area contributed by atoms with Gasteiger partial charge in [-0.05, 0) is 69.0 Å². The number of aliphatic hydroxyl groups is 2. The summed E-state index contributed by atoms with van der Waals surface area (Å²) in [5, 5.41) is 36.8. The van der Waals surface area contributed by atoms with Crippen LogP contribution in [-0.4, -0.2) is 71.5 Å². The first-order valence-electron chi connectivity index (χ1n) is 13.6. The smallest absolute Gasteiger partial charge is 0.251 e. The average Bonchev–Trinajstić information content (AvgIpc) is 3.66. The molecule has 2 amide bonds. The van der Waals surface area contributed by atoms with E-state index in [1.165, 1.54) is 18.2 Å². The van der Waals surface area contributed by atoms with E-state index >= 15 is 0 Å². The van der Waals surface area contributed by atoms with Crippen LogP contribution in [0.15, 0.2) is 36.4 Å². The molecular weight excluding hydrogens is 534 g/mol. The number of benzene rings is 2. The van der Waals surface area contributed by atoms with Crippen molar-refractivity contribution in [3.63, 3.8) is 0 Å². The van der Waals surface area contributed by atoms with Crippen molar-refractivity contribution in [3.05, 3.63) is 58.1 Å². The molecule has 1 aliphatic carbocycles. The highest BCUT2D eigenvalue weighted by Gasteiger charge is 2.48. The Labute approximate surface area is 238 Å². The van der Waals surface area contributed by atoms with E-state index in [4.69, 9.17) is 21.6 Å². The quantitative estimate of drug-likeness (QED) is 0.382. The molecule has 11 heteroatoms. The molecule has 2 fully saturated rings. The van der Waals surface area contributed by atoms with E-state index in [9.17, 15) is 19.8 Å². The summed E-state index contributed by atoms with van der Waals surface area (Å²) in [6, 6.07) is 11.2. The number of ether oxygens (including phenoxy) is 1. The van der Waals surface area contributed by atoms with Crippen LogP contribution in [-0.2, 0) is 9.53 Å². The number of fused-ring (bicyclic) bond motifs is 1. The molecule has 0 bridgehead atoms. The minimum absolute atomic E-state index is 0.133. The molecule has 4 N–H and O–H groups in total. The zero-order valence-corrected chi connectivity index (χ0v) is 23.3. The van der Waals surface area contributed by atoms with Crippen LogP contribution in [0.3, 0.4) is 0 Å². The van der Waals surface area contributed by atoms with Crippen LogP contribution < -0.4 is 15.5 Å². The van der Waals surface area contributed by atoms with Gasteiger partial charge in [-0.15, -0.1) is 0 Å². The fourth-order valence-corrected chi connectivity index (χ4v) is 5.90. The Balaban J connectivity index is 1.32. The maximum absolute atomic E-state index is 13.3. The molecule has 0 spiro atoms. The van der Waals surface area contributed by atoms with Crippen molar-refractivity contribution in [2.24, 2.45) is 11.8 Å². The number of halogens is 1. The summed E-state index contributed by atoms with van der Waals surface area (Å²) in [4.78, 5) is 30.2. The van der Waals surface area contributed by atoms with Gasteiger partial charge >= 0.3 is 0 Å². The standard InChI is InChI=1S/C29H34ClN5O5/c1-3-34-25-9-8-20(11-21(25)28(39)35(13-17-4-5-17)29(34,2)16-36)32-27(38)22-14-40-15-24(22)33-26(37)18-6-7-19(12-31)23(30)10-18/h6-11,17,22,24,28,36,39H,3-5,13-16H2,1-2H3,(H,32,38)(H,33,37)/t22-,24?,28?,29?/m1/s1. The van der Waals surface area contributed by atoms with Crippen molar-refractivity contribution in [3.8, 4) is 6.07 Å². The lowest BCUT2D eigenvalue weighted by Gasteiger charge is -2.55. The van der Waals surface area contributed by atoms with Crippen LogP contribution in [0.1, 0.15) is 54.4 Å². The van der Waals surface area contributed by atoms with E-state index in [-0.39, 0.29) is 41.9 Å². The number of hydrogen-bond acceptors (Lipinski definition) is 8. The van der Waals surface area contributed by atoms with Gasteiger partial charge in [0.05, 0.1) is 42.4 Å². The maximum atomic E-state index is 13.3. The van der Waals surface area contributed by atoms with E-state index in [2.05, 4.69) is 15.5 Å². The van der Waals surface area contributed by atoms with Crippen LogP contribution in [0.4, 0.5) is 11.4 Å². The average molecular weight is 568 g/mol. The zero-order chi connectivity index (χ0) is 28.6. The molecule has 212 valence electrons. The maximum Gasteiger partial charge on any atom is 0.251 e.